The SMILES string of the molecule is CNCC1=CC(C)(C)C=C(C(=O)NC)C=C1. The van der Waals surface area contributed by atoms with E-state index in [-0.39, 0.29) is 11.3 Å². The van der Waals surface area contributed by atoms with E-state index in [1.807, 2.05) is 25.3 Å². The molecule has 0 aromatic rings. The maximum Gasteiger partial charge on any atom is 0.250 e. The van der Waals surface area contributed by atoms with Gasteiger partial charge in [0.15, 0.2) is 0 Å². The zero-order chi connectivity index (χ0) is 12.2. The third-order valence-electron chi connectivity index (χ3n) is 2.43. The molecule has 0 atom stereocenters. The molecule has 0 aromatic carbocycles. The molecule has 0 saturated carbocycles. The van der Waals surface area contributed by atoms with Crippen LogP contribution in [0.4, 0.5) is 0 Å². The minimum absolute atomic E-state index is 0.0385. The van der Waals surface area contributed by atoms with Gasteiger partial charge in [0.05, 0.1) is 0 Å². The van der Waals surface area contributed by atoms with Gasteiger partial charge in [-0.3, -0.25) is 4.79 Å². The normalized spacial score (nSPS) is 18.5. The van der Waals surface area contributed by atoms with Gasteiger partial charge in [0, 0.05) is 24.6 Å². The molecule has 0 radical (unpaired) electrons. The second-order valence-corrected chi connectivity index (χ2v) is 4.58. The molecule has 1 rings (SSSR count). The molecule has 1 amide bonds. The van der Waals surface area contributed by atoms with Gasteiger partial charge in [0.25, 0.3) is 5.91 Å². The van der Waals surface area contributed by atoms with Crippen LogP contribution in [0.5, 0.6) is 0 Å². The second-order valence-electron chi connectivity index (χ2n) is 4.58. The van der Waals surface area contributed by atoms with E-state index in [2.05, 4.69) is 30.6 Å². The summed E-state index contributed by atoms with van der Waals surface area (Å²) in [5.41, 5.74) is 1.81. The molecule has 1 aliphatic carbocycles. The van der Waals surface area contributed by atoms with Crippen LogP contribution in [0.3, 0.4) is 0 Å². The summed E-state index contributed by atoms with van der Waals surface area (Å²) in [5, 5.41) is 5.77. The Bertz CT molecular complexity index is 362. The summed E-state index contributed by atoms with van der Waals surface area (Å²) in [6.45, 7) is 5.01. The highest BCUT2D eigenvalue weighted by Gasteiger charge is 2.17. The molecule has 0 aliphatic heterocycles. The summed E-state index contributed by atoms with van der Waals surface area (Å²) in [5.74, 6) is -0.0385. The highest BCUT2D eigenvalue weighted by atomic mass is 16.1. The van der Waals surface area contributed by atoms with Gasteiger partial charge in [-0.25, -0.2) is 0 Å². The molecule has 88 valence electrons. The van der Waals surface area contributed by atoms with Gasteiger partial charge in [-0.05, 0) is 18.7 Å². The first-order valence-corrected chi connectivity index (χ1v) is 5.48. The fourth-order valence-corrected chi connectivity index (χ4v) is 1.81. The Balaban J connectivity index is 3.00. The molecular weight excluding hydrogens is 200 g/mol. The maximum absolute atomic E-state index is 11.6. The Morgan fingerprint density at radius 2 is 1.94 bits per heavy atom. The highest BCUT2D eigenvalue weighted by molar-refractivity contribution is 5.96. The van der Waals surface area contributed by atoms with Crippen LogP contribution in [0.2, 0.25) is 0 Å². The summed E-state index contributed by atoms with van der Waals surface area (Å²) in [7, 11) is 3.57. The van der Waals surface area contributed by atoms with Crippen LogP contribution in [0.25, 0.3) is 0 Å². The Morgan fingerprint density at radius 3 is 2.50 bits per heavy atom. The van der Waals surface area contributed by atoms with E-state index in [0.717, 1.165) is 12.1 Å². The molecule has 0 spiro atoms. The van der Waals surface area contributed by atoms with Crippen molar-refractivity contribution in [3.8, 4) is 0 Å². The van der Waals surface area contributed by atoms with Gasteiger partial charge in [-0.15, -0.1) is 0 Å². The van der Waals surface area contributed by atoms with E-state index < -0.39 is 0 Å². The fourth-order valence-electron chi connectivity index (χ4n) is 1.81. The van der Waals surface area contributed by atoms with Crippen molar-refractivity contribution in [1.82, 2.24) is 10.6 Å². The van der Waals surface area contributed by atoms with E-state index in [1.165, 1.54) is 5.57 Å². The van der Waals surface area contributed by atoms with Crippen molar-refractivity contribution in [2.45, 2.75) is 13.8 Å². The van der Waals surface area contributed by atoms with Crippen LogP contribution in [0.15, 0.2) is 35.5 Å². The predicted octanol–water partition coefficient (Wildman–Crippen LogP) is 1.40. The molecule has 2 N–H and O–H groups in total. The quantitative estimate of drug-likeness (QED) is 0.755. The van der Waals surface area contributed by atoms with Crippen molar-refractivity contribution in [3.63, 3.8) is 0 Å². The van der Waals surface area contributed by atoms with Crippen LogP contribution < -0.4 is 10.6 Å². The van der Waals surface area contributed by atoms with Crippen molar-refractivity contribution in [2.24, 2.45) is 5.41 Å². The third kappa shape index (κ3) is 3.35. The Labute approximate surface area is 97.3 Å². The lowest BCUT2D eigenvalue weighted by molar-refractivity contribution is -0.116. The average molecular weight is 220 g/mol. The molecule has 0 heterocycles. The number of nitrogens with one attached hydrogen (secondary N) is 2. The van der Waals surface area contributed by atoms with Crippen molar-refractivity contribution >= 4 is 5.91 Å². The number of allylic oxidation sites excluding steroid dienone is 2. The van der Waals surface area contributed by atoms with Gasteiger partial charge in [0.2, 0.25) is 0 Å². The van der Waals surface area contributed by atoms with Crippen LogP contribution in [-0.2, 0) is 4.79 Å². The Kier molecular flexibility index (Phi) is 4.07. The smallest absolute Gasteiger partial charge is 0.250 e. The van der Waals surface area contributed by atoms with E-state index in [0.29, 0.717) is 0 Å². The zero-order valence-electron chi connectivity index (χ0n) is 10.4. The zero-order valence-corrected chi connectivity index (χ0v) is 10.4. The number of hydrogen-bond donors (Lipinski definition) is 2. The largest absolute Gasteiger partial charge is 0.355 e. The summed E-state index contributed by atoms with van der Waals surface area (Å²) >= 11 is 0. The van der Waals surface area contributed by atoms with E-state index >= 15 is 0 Å². The molecule has 0 bridgehead atoms. The lowest BCUT2D eigenvalue weighted by Crippen LogP contribution is -2.20. The molecule has 3 heteroatoms. The van der Waals surface area contributed by atoms with Gasteiger partial charge in [-0.1, -0.05) is 32.1 Å². The van der Waals surface area contributed by atoms with E-state index in [1.54, 1.807) is 7.05 Å². The Hall–Kier alpha value is -1.35. The minimum atomic E-state index is -0.0997. The summed E-state index contributed by atoms with van der Waals surface area (Å²) in [4.78, 5) is 11.6. The lowest BCUT2D eigenvalue weighted by atomic mass is 9.89. The van der Waals surface area contributed by atoms with Crippen LogP contribution in [0.1, 0.15) is 13.8 Å². The number of likely N-dealkylation sites (N-methyl/N-ethyl adjacent to an activating group) is 2. The molecule has 0 unspecified atom stereocenters. The van der Waals surface area contributed by atoms with Crippen LogP contribution in [-0.4, -0.2) is 26.5 Å². The highest BCUT2D eigenvalue weighted by Crippen LogP contribution is 2.26. The molecule has 0 fully saturated rings. The second kappa shape index (κ2) is 5.12. The first-order valence-electron chi connectivity index (χ1n) is 5.48. The summed E-state index contributed by atoms with van der Waals surface area (Å²) in [6, 6.07) is 0. The van der Waals surface area contributed by atoms with Gasteiger partial charge >= 0.3 is 0 Å². The van der Waals surface area contributed by atoms with Gasteiger partial charge in [0.1, 0.15) is 0 Å². The Morgan fingerprint density at radius 1 is 1.25 bits per heavy atom. The average Bonchev–Trinajstić information content (AvgIpc) is 2.36. The molecular formula is C13H20N2O. The summed E-state index contributed by atoms with van der Waals surface area (Å²) < 4.78 is 0. The van der Waals surface area contributed by atoms with Crippen molar-refractivity contribution in [3.05, 3.63) is 35.5 Å². The molecule has 16 heavy (non-hydrogen) atoms. The van der Waals surface area contributed by atoms with E-state index in [4.69, 9.17) is 0 Å². The van der Waals surface area contributed by atoms with Crippen molar-refractivity contribution < 1.29 is 4.79 Å². The molecule has 0 saturated heterocycles. The monoisotopic (exact) mass is 220 g/mol. The van der Waals surface area contributed by atoms with Gasteiger partial charge in [-0.2, -0.15) is 0 Å². The van der Waals surface area contributed by atoms with Crippen molar-refractivity contribution in [1.29, 1.82) is 0 Å². The minimum Gasteiger partial charge on any atom is -0.355 e. The molecule has 3 nitrogen and oxygen atoms in total. The molecule has 1 aliphatic rings. The van der Waals surface area contributed by atoms with Gasteiger partial charge < -0.3 is 10.6 Å². The standard InChI is InChI=1S/C13H20N2O/c1-13(2)7-10(9-14-3)5-6-11(8-13)12(16)15-4/h5-8,14H,9H2,1-4H3,(H,15,16). The topological polar surface area (TPSA) is 41.1 Å². The first kappa shape index (κ1) is 12.7. The molecule has 0 aromatic heterocycles. The maximum atomic E-state index is 11.6. The van der Waals surface area contributed by atoms with Crippen LogP contribution >= 0.6 is 0 Å². The van der Waals surface area contributed by atoms with Crippen LogP contribution in [0, 0.1) is 5.41 Å². The van der Waals surface area contributed by atoms with Crippen molar-refractivity contribution in [2.75, 3.05) is 20.6 Å². The number of amides is 1. The lowest BCUT2D eigenvalue weighted by Gasteiger charge is -2.16. The third-order valence-corrected chi connectivity index (χ3v) is 2.43. The fraction of sp³-hybridized carbons (Fsp3) is 0.462. The van der Waals surface area contributed by atoms with E-state index in [9.17, 15) is 4.79 Å². The summed E-state index contributed by atoms with van der Waals surface area (Å²) in [6.07, 6.45) is 8.03. The number of hydrogen-bond acceptors (Lipinski definition) is 2. The predicted molar refractivity (Wildman–Crippen MR) is 67.1 cm³/mol. The number of carbonyl (C=O) groups is 1. The number of rotatable bonds is 3. The first-order chi connectivity index (χ1) is 7.48. The number of carbonyl (C=O) groups excluding carboxylic acids is 1.